The van der Waals surface area contributed by atoms with Gasteiger partial charge >= 0.3 is 5.97 Å². The summed E-state index contributed by atoms with van der Waals surface area (Å²) >= 11 is 0. The molecule has 0 atom stereocenters. The maximum absolute atomic E-state index is 12.7. The Bertz CT molecular complexity index is 979. The number of aromatic carboxylic acids is 1. The molecule has 2 aromatic carbocycles. The number of carbonyl (C=O) groups is 1. The molecule has 29 heavy (non-hydrogen) atoms. The third-order valence-corrected chi connectivity index (χ3v) is 6.58. The average Bonchev–Trinajstić information content (AvgIpc) is 2.68. The molecule has 0 amide bonds. The van der Waals surface area contributed by atoms with Gasteiger partial charge in [0.25, 0.3) is 10.0 Å². The first-order chi connectivity index (χ1) is 13.7. The van der Waals surface area contributed by atoms with Crippen LogP contribution in [0.5, 0.6) is 0 Å². The molecule has 156 valence electrons. The van der Waals surface area contributed by atoms with Crippen LogP contribution in [-0.4, -0.2) is 57.6 Å². The molecule has 1 fully saturated rings. The minimum atomic E-state index is -3.81. The Hall–Kier alpha value is -2.58. The van der Waals surface area contributed by atoms with Gasteiger partial charge in [0.05, 0.1) is 16.1 Å². The topological polar surface area (TPSA) is 90.0 Å². The lowest BCUT2D eigenvalue weighted by Crippen LogP contribution is -2.45. The first kappa shape index (κ1) is 21.1. The molecule has 3 rings (SSSR count). The van der Waals surface area contributed by atoms with Crippen LogP contribution in [0.25, 0.3) is 0 Å². The van der Waals surface area contributed by atoms with Gasteiger partial charge in [0.15, 0.2) is 0 Å². The maximum Gasteiger partial charge on any atom is 0.337 e. The Kier molecular flexibility index (Phi) is 6.14. The highest BCUT2D eigenvalue weighted by Crippen LogP contribution is 2.27. The Morgan fingerprint density at radius 1 is 1.03 bits per heavy atom. The molecular weight excluding hydrogens is 390 g/mol. The monoisotopic (exact) mass is 417 g/mol. The third-order valence-electron chi connectivity index (χ3n) is 5.18. The van der Waals surface area contributed by atoms with Gasteiger partial charge in [0, 0.05) is 31.9 Å². The molecule has 8 heteroatoms. The predicted molar refractivity (Wildman–Crippen MR) is 114 cm³/mol. The summed E-state index contributed by atoms with van der Waals surface area (Å²) in [4.78, 5) is 16.1. The molecule has 0 saturated carbocycles. The standard InChI is InChI=1S/C21H27N3O4S/c1-15(2)16-4-7-18(8-5-16)29(27,28)22-17-6-9-20(19(14-17)21(25)26)24-12-10-23(3)11-13-24/h4-9,14-15,22H,10-13H2,1-3H3,(H,25,26). The Morgan fingerprint density at radius 2 is 1.66 bits per heavy atom. The van der Waals surface area contributed by atoms with Crippen LogP contribution >= 0.6 is 0 Å². The number of benzene rings is 2. The summed E-state index contributed by atoms with van der Waals surface area (Å²) in [6.07, 6.45) is 0. The highest BCUT2D eigenvalue weighted by molar-refractivity contribution is 7.92. The molecule has 0 aromatic heterocycles. The zero-order valence-corrected chi connectivity index (χ0v) is 17.7. The summed E-state index contributed by atoms with van der Waals surface area (Å²) in [6, 6.07) is 11.4. The number of likely N-dealkylation sites (N-methyl/N-ethyl adjacent to an activating group) is 1. The van der Waals surface area contributed by atoms with Crippen molar-refractivity contribution in [1.82, 2.24) is 4.90 Å². The van der Waals surface area contributed by atoms with Crippen molar-refractivity contribution >= 4 is 27.4 Å². The van der Waals surface area contributed by atoms with Crippen LogP contribution in [0.2, 0.25) is 0 Å². The van der Waals surface area contributed by atoms with Crippen molar-refractivity contribution in [1.29, 1.82) is 0 Å². The van der Waals surface area contributed by atoms with E-state index in [0.29, 0.717) is 11.6 Å². The number of piperazine rings is 1. The smallest absolute Gasteiger partial charge is 0.337 e. The Morgan fingerprint density at radius 3 is 2.21 bits per heavy atom. The van der Waals surface area contributed by atoms with Crippen molar-refractivity contribution in [2.75, 3.05) is 42.8 Å². The first-order valence-corrected chi connectivity index (χ1v) is 11.1. The lowest BCUT2D eigenvalue weighted by Gasteiger charge is -2.34. The molecule has 2 aromatic rings. The fourth-order valence-electron chi connectivity index (χ4n) is 3.34. The van der Waals surface area contributed by atoms with Gasteiger partial charge in [-0.25, -0.2) is 13.2 Å². The number of nitrogens with zero attached hydrogens (tertiary/aromatic N) is 2. The molecule has 0 aliphatic carbocycles. The summed E-state index contributed by atoms with van der Waals surface area (Å²) in [5.41, 5.74) is 1.97. The molecule has 0 radical (unpaired) electrons. The van der Waals surface area contributed by atoms with Crippen molar-refractivity contribution < 1.29 is 18.3 Å². The minimum Gasteiger partial charge on any atom is -0.478 e. The van der Waals surface area contributed by atoms with E-state index in [4.69, 9.17) is 0 Å². The van der Waals surface area contributed by atoms with Crippen LogP contribution < -0.4 is 9.62 Å². The molecule has 0 spiro atoms. The molecule has 7 nitrogen and oxygen atoms in total. The number of hydrogen-bond acceptors (Lipinski definition) is 5. The van der Waals surface area contributed by atoms with E-state index in [9.17, 15) is 18.3 Å². The van der Waals surface area contributed by atoms with Gasteiger partial charge < -0.3 is 14.9 Å². The number of nitrogens with one attached hydrogen (secondary N) is 1. The molecule has 1 aliphatic heterocycles. The van der Waals surface area contributed by atoms with E-state index in [1.54, 1.807) is 36.4 Å². The van der Waals surface area contributed by atoms with E-state index in [2.05, 4.69) is 9.62 Å². The van der Waals surface area contributed by atoms with Crippen molar-refractivity contribution in [2.24, 2.45) is 0 Å². The summed E-state index contributed by atoms with van der Waals surface area (Å²) < 4.78 is 27.9. The number of anilines is 2. The second-order valence-electron chi connectivity index (χ2n) is 7.66. The summed E-state index contributed by atoms with van der Waals surface area (Å²) in [7, 11) is -1.78. The van der Waals surface area contributed by atoms with Gasteiger partial charge in [-0.05, 0) is 48.9 Å². The van der Waals surface area contributed by atoms with E-state index < -0.39 is 16.0 Å². The van der Waals surface area contributed by atoms with Crippen molar-refractivity contribution in [3.63, 3.8) is 0 Å². The first-order valence-electron chi connectivity index (χ1n) is 9.61. The summed E-state index contributed by atoms with van der Waals surface area (Å²) in [5.74, 6) is -0.777. The molecule has 0 bridgehead atoms. The Labute approximate surface area is 172 Å². The highest BCUT2D eigenvalue weighted by atomic mass is 32.2. The van der Waals surface area contributed by atoms with E-state index in [0.717, 1.165) is 31.7 Å². The predicted octanol–water partition coefficient (Wildman–Crippen LogP) is 3.06. The molecular formula is C21H27N3O4S. The van der Waals surface area contributed by atoms with Gasteiger partial charge in [0.2, 0.25) is 0 Å². The number of hydrogen-bond donors (Lipinski definition) is 2. The van der Waals surface area contributed by atoms with E-state index >= 15 is 0 Å². The van der Waals surface area contributed by atoms with E-state index in [1.165, 1.54) is 6.07 Å². The third kappa shape index (κ3) is 4.89. The van der Waals surface area contributed by atoms with Crippen molar-refractivity contribution in [3.8, 4) is 0 Å². The van der Waals surface area contributed by atoms with Crippen LogP contribution in [0.15, 0.2) is 47.4 Å². The van der Waals surface area contributed by atoms with E-state index in [-0.39, 0.29) is 16.1 Å². The van der Waals surface area contributed by atoms with Crippen LogP contribution in [0.3, 0.4) is 0 Å². The van der Waals surface area contributed by atoms with Gasteiger partial charge in [-0.15, -0.1) is 0 Å². The summed E-state index contributed by atoms with van der Waals surface area (Å²) in [5, 5.41) is 9.66. The average molecular weight is 418 g/mol. The minimum absolute atomic E-state index is 0.0879. The summed E-state index contributed by atoms with van der Waals surface area (Å²) in [6.45, 7) is 7.22. The number of carboxylic acid groups (broad SMARTS) is 1. The Balaban J connectivity index is 1.85. The van der Waals surface area contributed by atoms with Crippen LogP contribution in [0.1, 0.15) is 35.7 Å². The highest BCUT2D eigenvalue weighted by Gasteiger charge is 2.22. The lowest BCUT2D eigenvalue weighted by atomic mass is 10.0. The van der Waals surface area contributed by atoms with E-state index in [1.807, 2.05) is 25.8 Å². The second-order valence-corrected chi connectivity index (χ2v) is 9.34. The zero-order chi connectivity index (χ0) is 21.2. The fourth-order valence-corrected chi connectivity index (χ4v) is 4.39. The van der Waals surface area contributed by atoms with Gasteiger partial charge in [-0.1, -0.05) is 26.0 Å². The van der Waals surface area contributed by atoms with Gasteiger partial charge in [0.1, 0.15) is 0 Å². The number of carboxylic acids is 1. The molecule has 2 N–H and O–H groups in total. The number of rotatable bonds is 6. The number of sulfonamides is 1. The normalized spacial score (nSPS) is 15.5. The molecule has 1 saturated heterocycles. The lowest BCUT2D eigenvalue weighted by molar-refractivity contribution is 0.0697. The zero-order valence-electron chi connectivity index (χ0n) is 16.9. The largest absolute Gasteiger partial charge is 0.478 e. The van der Waals surface area contributed by atoms with Crippen molar-refractivity contribution in [3.05, 3.63) is 53.6 Å². The van der Waals surface area contributed by atoms with Crippen LogP contribution in [-0.2, 0) is 10.0 Å². The second kappa shape index (κ2) is 8.42. The molecule has 0 unspecified atom stereocenters. The van der Waals surface area contributed by atoms with Crippen molar-refractivity contribution in [2.45, 2.75) is 24.7 Å². The van der Waals surface area contributed by atoms with Gasteiger partial charge in [-0.2, -0.15) is 0 Å². The SMILES string of the molecule is CC(C)c1ccc(S(=O)(=O)Nc2ccc(N3CCN(C)CC3)c(C(=O)O)c2)cc1. The molecule has 1 aliphatic rings. The van der Waals surface area contributed by atoms with Crippen LogP contribution in [0.4, 0.5) is 11.4 Å². The quantitative estimate of drug-likeness (QED) is 0.751. The molecule has 1 heterocycles. The van der Waals surface area contributed by atoms with Crippen LogP contribution in [0, 0.1) is 0 Å². The maximum atomic E-state index is 12.7. The fraction of sp³-hybridized carbons (Fsp3) is 0.381. The van der Waals surface area contributed by atoms with Gasteiger partial charge in [-0.3, -0.25) is 4.72 Å².